The van der Waals surface area contributed by atoms with Crippen LogP contribution in [0.3, 0.4) is 0 Å². The van der Waals surface area contributed by atoms with Crippen LogP contribution in [-0.2, 0) is 10.8 Å². The van der Waals surface area contributed by atoms with Crippen molar-refractivity contribution in [2.24, 2.45) is 0 Å². The van der Waals surface area contributed by atoms with Crippen LogP contribution in [0.2, 0.25) is 0 Å². The van der Waals surface area contributed by atoms with Gasteiger partial charge in [-0.05, 0) is 35.8 Å². The van der Waals surface area contributed by atoms with Gasteiger partial charge in [-0.2, -0.15) is 0 Å². The Bertz CT molecular complexity index is 614. The minimum absolute atomic E-state index is 0.200. The zero-order chi connectivity index (χ0) is 22.4. The van der Waals surface area contributed by atoms with E-state index in [2.05, 4.69) is 65.8 Å². The molecule has 0 unspecified atom stereocenters. The van der Waals surface area contributed by atoms with Gasteiger partial charge in [-0.1, -0.05) is 129 Å². The molecule has 0 N–H and O–H groups in total. The van der Waals surface area contributed by atoms with E-state index in [1.807, 2.05) is 52.0 Å². The van der Waals surface area contributed by atoms with E-state index in [4.69, 9.17) is 2.74 Å². The lowest BCUT2D eigenvalue weighted by Crippen LogP contribution is -2.10. The Labute approximate surface area is 167 Å². The van der Waals surface area contributed by atoms with Crippen LogP contribution < -0.4 is 0 Å². The predicted octanol–water partition coefficient (Wildman–Crippen LogP) is 8.64. The maximum Gasteiger partial charge on any atom is 0.0280 e. The van der Waals surface area contributed by atoms with E-state index < -0.39 is 0 Å². The molecule has 0 aliphatic rings. The summed E-state index contributed by atoms with van der Waals surface area (Å²) in [5.41, 5.74) is 5.25. The van der Waals surface area contributed by atoms with Crippen LogP contribution in [0.15, 0.2) is 48.5 Å². The highest BCUT2D eigenvalue weighted by molar-refractivity contribution is 5.27. The topological polar surface area (TPSA) is 0 Å². The normalized spacial score (nSPS) is 11.3. The molecule has 0 bridgehead atoms. The molecule has 2 aromatic carbocycles. The number of hydrogen-bond donors (Lipinski definition) is 0. The number of hydrogen-bond acceptors (Lipinski definition) is 0. The summed E-state index contributed by atoms with van der Waals surface area (Å²) in [7, 11) is 0. The molecule has 0 saturated heterocycles. The molecule has 0 fully saturated rings. The molecular weight excluding hydrogens is 312 g/mol. The lowest BCUT2D eigenvalue weighted by atomic mass is 9.86. The zero-order valence-corrected chi connectivity index (χ0v) is 19.0. The van der Waals surface area contributed by atoms with Gasteiger partial charge in [0.2, 0.25) is 0 Å². The second kappa shape index (κ2) is 12.7. The first-order chi connectivity index (χ1) is 13.1. The molecule has 0 nitrogen and oxygen atoms in total. The van der Waals surface area contributed by atoms with Crippen molar-refractivity contribution in [2.45, 2.75) is 93.9 Å². The molecule has 0 spiro atoms. The standard InChI is InChI=1S/2C11H16.2C2H6/c1-9-5-7-10(8-6-9)11(2,3)4;1-9-6-5-7-10(8-9)11(2,3)4;2*1-2/h2*5-8H,1-4H3;2*1-2H3/i2*1D;;. The fourth-order valence-electron chi connectivity index (χ4n) is 2.04. The van der Waals surface area contributed by atoms with E-state index in [0.29, 0.717) is 13.8 Å². The first-order valence-electron chi connectivity index (χ1n) is 11.3. The molecule has 0 aliphatic heterocycles. The Morgan fingerprint density at radius 1 is 0.577 bits per heavy atom. The van der Waals surface area contributed by atoms with Crippen molar-refractivity contribution >= 4 is 0 Å². The average Bonchev–Trinajstić information content (AvgIpc) is 2.70. The molecule has 26 heavy (non-hydrogen) atoms. The number of aryl methyl sites for hydroxylation is 2. The fraction of sp³-hybridized carbons (Fsp3) is 0.538. The molecule has 0 amide bonds. The summed E-state index contributed by atoms with van der Waals surface area (Å²) in [4.78, 5) is 0. The Hall–Kier alpha value is -1.56. The van der Waals surface area contributed by atoms with Gasteiger partial charge in [0.05, 0.1) is 0 Å². The predicted molar refractivity (Wildman–Crippen MR) is 122 cm³/mol. The largest absolute Gasteiger partial charge is 0.0683 e. The van der Waals surface area contributed by atoms with Crippen LogP contribution in [0, 0.1) is 13.8 Å². The Morgan fingerprint density at radius 3 is 1.42 bits per heavy atom. The van der Waals surface area contributed by atoms with Crippen molar-refractivity contribution in [1.29, 1.82) is 0 Å². The molecule has 2 rings (SSSR count). The Morgan fingerprint density at radius 2 is 1.04 bits per heavy atom. The van der Waals surface area contributed by atoms with Crippen LogP contribution >= 0.6 is 0 Å². The van der Waals surface area contributed by atoms with E-state index in [1.54, 1.807) is 0 Å². The fourth-order valence-corrected chi connectivity index (χ4v) is 2.04. The van der Waals surface area contributed by atoms with E-state index in [9.17, 15) is 0 Å². The first-order valence-corrected chi connectivity index (χ1v) is 9.85. The SMILES string of the molecule is CC.CC.[2H]Cc1ccc(C(C)(C)C)cc1.[2H]Cc1cccc(C(C)(C)C)c1. The molecule has 0 heteroatoms. The summed E-state index contributed by atoms with van der Waals surface area (Å²) >= 11 is 0. The summed E-state index contributed by atoms with van der Waals surface area (Å²) < 4.78 is 14.4. The van der Waals surface area contributed by atoms with Crippen molar-refractivity contribution < 1.29 is 2.74 Å². The smallest absolute Gasteiger partial charge is 0.0280 e. The Balaban J connectivity index is 0. The average molecular weight is 359 g/mol. The quantitative estimate of drug-likeness (QED) is 0.442. The van der Waals surface area contributed by atoms with Gasteiger partial charge in [-0.25, -0.2) is 0 Å². The second-order valence-electron chi connectivity index (χ2n) is 7.90. The van der Waals surface area contributed by atoms with Crippen LogP contribution in [0.1, 0.15) is 94.2 Å². The molecular formula is C26H44. The van der Waals surface area contributed by atoms with E-state index in [1.165, 1.54) is 11.1 Å². The maximum absolute atomic E-state index is 7.24. The molecule has 0 atom stereocenters. The number of benzene rings is 2. The monoisotopic (exact) mass is 358 g/mol. The molecule has 0 aliphatic carbocycles. The minimum atomic E-state index is 0.200. The van der Waals surface area contributed by atoms with E-state index in [-0.39, 0.29) is 10.8 Å². The first kappa shape index (κ1) is 22.5. The van der Waals surface area contributed by atoms with Crippen LogP contribution in [0.4, 0.5) is 0 Å². The van der Waals surface area contributed by atoms with Gasteiger partial charge in [0.1, 0.15) is 0 Å². The van der Waals surface area contributed by atoms with E-state index in [0.717, 1.165) is 11.1 Å². The third-order valence-electron chi connectivity index (χ3n) is 3.61. The van der Waals surface area contributed by atoms with E-state index >= 15 is 0 Å². The van der Waals surface area contributed by atoms with Crippen LogP contribution in [0.5, 0.6) is 0 Å². The van der Waals surface area contributed by atoms with Crippen molar-refractivity contribution in [3.8, 4) is 0 Å². The van der Waals surface area contributed by atoms with Gasteiger partial charge >= 0.3 is 0 Å². The van der Waals surface area contributed by atoms with Crippen molar-refractivity contribution in [1.82, 2.24) is 0 Å². The lowest BCUT2D eigenvalue weighted by molar-refractivity contribution is 0.589. The molecule has 0 heterocycles. The highest BCUT2D eigenvalue weighted by atomic mass is 14.2. The van der Waals surface area contributed by atoms with Crippen molar-refractivity contribution in [3.63, 3.8) is 0 Å². The molecule has 0 radical (unpaired) electrons. The summed E-state index contributed by atoms with van der Waals surface area (Å²) in [6.45, 7) is 21.9. The van der Waals surface area contributed by atoms with Crippen molar-refractivity contribution in [3.05, 3.63) is 70.8 Å². The van der Waals surface area contributed by atoms with Gasteiger partial charge < -0.3 is 0 Å². The Kier molecular flexibility index (Phi) is 11.0. The highest BCUT2D eigenvalue weighted by Gasteiger charge is 2.12. The molecule has 0 aromatic heterocycles. The lowest BCUT2D eigenvalue weighted by Gasteiger charge is -2.19. The maximum atomic E-state index is 7.24. The van der Waals surface area contributed by atoms with Gasteiger partial charge in [0, 0.05) is 2.74 Å². The van der Waals surface area contributed by atoms with Crippen LogP contribution in [0.25, 0.3) is 0 Å². The summed E-state index contributed by atoms with van der Waals surface area (Å²) in [5.74, 6) is 0. The third kappa shape index (κ3) is 11.1. The van der Waals surface area contributed by atoms with Gasteiger partial charge in [0.25, 0.3) is 0 Å². The van der Waals surface area contributed by atoms with Gasteiger partial charge in [0.15, 0.2) is 0 Å². The second-order valence-corrected chi connectivity index (χ2v) is 7.90. The van der Waals surface area contributed by atoms with Gasteiger partial charge in [-0.3, -0.25) is 0 Å². The summed E-state index contributed by atoms with van der Waals surface area (Å²) in [5, 5.41) is 0. The molecule has 2 aromatic rings. The summed E-state index contributed by atoms with van der Waals surface area (Å²) in [6, 6.07) is 16.6. The molecule has 148 valence electrons. The molecule has 0 saturated carbocycles. The summed E-state index contributed by atoms with van der Waals surface area (Å²) in [6.07, 6.45) is 0. The highest BCUT2D eigenvalue weighted by Crippen LogP contribution is 2.22. The van der Waals surface area contributed by atoms with Crippen molar-refractivity contribution in [2.75, 3.05) is 0 Å². The van der Waals surface area contributed by atoms with Crippen LogP contribution in [-0.4, -0.2) is 0 Å². The van der Waals surface area contributed by atoms with Gasteiger partial charge in [-0.15, -0.1) is 0 Å². The minimum Gasteiger partial charge on any atom is -0.0683 e. The number of rotatable bonds is 0. The zero-order valence-electron chi connectivity index (χ0n) is 21.0. The third-order valence-corrected chi connectivity index (χ3v) is 3.61.